The zero-order valence-corrected chi connectivity index (χ0v) is 20.1. The molecule has 1 aliphatic rings. The second-order valence-electron chi connectivity index (χ2n) is 8.47. The van der Waals surface area contributed by atoms with Gasteiger partial charge in [0.1, 0.15) is 10.8 Å². The van der Waals surface area contributed by atoms with Crippen LogP contribution in [0.3, 0.4) is 0 Å². The number of hydrogen-bond donors (Lipinski definition) is 2. The maximum absolute atomic E-state index is 12.9. The zero-order valence-electron chi connectivity index (χ0n) is 19.3. The van der Waals surface area contributed by atoms with Crippen LogP contribution in [0.2, 0.25) is 0 Å². The molecule has 15 heteroatoms. The zero-order chi connectivity index (χ0) is 26.8. The van der Waals surface area contributed by atoms with Crippen molar-refractivity contribution in [3.05, 3.63) is 53.4 Å². The van der Waals surface area contributed by atoms with E-state index in [9.17, 15) is 31.1 Å². The van der Waals surface area contributed by atoms with Gasteiger partial charge in [-0.25, -0.2) is 9.97 Å². The molecule has 37 heavy (non-hydrogen) atoms. The first kappa shape index (κ1) is 26.7. The Morgan fingerprint density at radius 2 is 1.78 bits per heavy atom. The SMILES string of the molecule is Cc1nsc(Nc2cnc(C(F)(F)F)cn2)c1C(=O)Nc1ccc(C2CCN(CC(F)(F)F)CC2)nc1. The van der Waals surface area contributed by atoms with Gasteiger partial charge in [0, 0.05) is 11.6 Å². The highest BCUT2D eigenvalue weighted by atomic mass is 32.1. The van der Waals surface area contributed by atoms with Gasteiger partial charge in [0.05, 0.1) is 42.1 Å². The summed E-state index contributed by atoms with van der Waals surface area (Å²) in [5, 5.41) is 5.76. The highest BCUT2D eigenvalue weighted by Crippen LogP contribution is 2.31. The molecular formula is C22H21F6N7OS. The van der Waals surface area contributed by atoms with Crippen molar-refractivity contribution < 1.29 is 31.1 Å². The average Bonchev–Trinajstić information content (AvgIpc) is 3.19. The van der Waals surface area contributed by atoms with Crippen molar-refractivity contribution in [3.8, 4) is 0 Å². The van der Waals surface area contributed by atoms with Crippen molar-refractivity contribution in [2.75, 3.05) is 30.3 Å². The second kappa shape index (κ2) is 10.6. The molecule has 3 aromatic rings. The lowest BCUT2D eigenvalue weighted by molar-refractivity contribution is -0.148. The number of aryl methyl sites for hydroxylation is 1. The molecule has 0 atom stereocenters. The van der Waals surface area contributed by atoms with Crippen LogP contribution in [0.25, 0.3) is 0 Å². The van der Waals surface area contributed by atoms with Gasteiger partial charge >= 0.3 is 12.4 Å². The predicted molar refractivity (Wildman–Crippen MR) is 124 cm³/mol. The Hall–Kier alpha value is -3.33. The smallest absolute Gasteiger partial charge is 0.329 e. The summed E-state index contributed by atoms with van der Waals surface area (Å²) in [6.07, 6.45) is -4.77. The number of nitrogens with zero attached hydrogens (tertiary/aromatic N) is 5. The summed E-state index contributed by atoms with van der Waals surface area (Å²) >= 11 is 0.942. The first-order chi connectivity index (χ1) is 17.4. The predicted octanol–water partition coefficient (Wildman–Crippen LogP) is 5.39. The molecule has 4 heterocycles. The minimum Gasteiger partial charge on any atom is -0.329 e. The van der Waals surface area contributed by atoms with E-state index in [-0.39, 0.29) is 22.3 Å². The fraction of sp³-hybridized carbons (Fsp3) is 0.409. The van der Waals surface area contributed by atoms with Crippen LogP contribution in [0.4, 0.5) is 42.8 Å². The van der Waals surface area contributed by atoms with Crippen molar-refractivity contribution in [1.29, 1.82) is 0 Å². The Morgan fingerprint density at radius 1 is 1.05 bits per heavy atom. The summed E-state index contributed by atoms with van der Waals surface area (Å²) in [6.45, 7) is 1.35. The van der Waals surface area contributed by atoms with Crippen LogP contribution in [0.15, 0.2) is 30.7 Å². The Balaban J connectivity index is 1.38. The Morgan fingerprint density at radius 3 is 2.35 bits per heavy atom. The van der Waals surface area contributed by atoms with Crippen LogP contribution >= 0.6 is 11.5 Å². The normalized spacial score (nSPS) is 15.5. The van der Waals surface area contributed by atoms with E-state index in [0.29, 0.717) is 43.5 Å². The molecule has 1 saturated heterocycles. The maximum Gasteiger partial charge on any atom is 0.434 e. The molecule has 0 saturated carbocycles. The van der Waals surface area contributed by atoms with Crippen molar-refractivity contribution in [2.24, 2.45) is 0 Å². The first-order valence-corrected chi connectivity index (χ1v) is 11.9. The minimum atomic E-state index is -4.62. The van der Waals surface area contributed by atoms with Crippen LogP contribution < -0.4 is 10.6 Å². The van der Waals surface area contributed by atoms with Gasteiger partial charge in [-0.3, -0.25) is 14.7 Å². The lowest BCUT2D eigenvalue weighted by Gasteiger charge is -2.32. The maximum atomic E-state index is 12.9. The molecule has 0 bridgehead atoms. The molecule has 0 unspecified atom stereocenters. The number of halogens is 6. The van der Waals surface area contributed by atoms with E-state index in [0.717, 1.165) is 23.4 Å². The van der Waals surface area contributed by atoms with Gasteiger partial charge in [-0.15, -0.1) is 0 Å². The van der Waals surface area contributed by atoms with Crippen molar-refractivity contribution >= 4 is 33.9 Å². The van der Waals surface area contributed by atoms with E-state index in [1.807, 2.05) is 0 Å². The quantitative estimate of drug-likeness (QED) is 0.401. The van der Waals surface area contributed by atoms with Gasteiger partial charge in [0.2, 0.25) is 0 Å². The number of pyridine rings is 1. The monoisotopic (exact) mass is 545 g/mol. The number of likely N-dealkylation sites (tertiary alicyclic amines) is 1. The summed E-state index contributed by atoms with van der Waals surface area (Å²) in [6, 6.07) is 3.39. The molecule has 1 amide bonds. The molecule has 1 aliphatic heterocycles. The van der Waals surface area contributed by atoms with E-state index in [4.69, 9.17) is 0 Å². The van der Waals surface area contributed by atoms with Crippen molar-refractivity contribution in [2.45, 2.75) is 38.0 Å². The van der Waals surface area contributed by atoms with Crippen LogP contribution in [0, 0.1) is 6.92 Å². The van der Waals surface area contributed by atoms with Gasteiger partial charge in [-0.2, -0.15) is 30.7 Å². The molecular weight excluding hydrogens is 524 g/mol. The van der Waals surface area contributed by atoms with Gasteiger partial charge in [-0.1, -0.05) is 0 Å². The number of amides is 1. The van der Waals surface area contributed by atoms with E-state index in [2.05, 4.69) is 30.0 Å². The van der Waals surface area contributed by atoms with Crippen LogP contribution in [-0.4, -0.2) is 55.9 Å². The molecule has 1 fully saturated rings. The number of anilines is 3. The molecule has 8 nitrogen and oxygen atoms in total. The molecule has 0 aromatic carbocycles. The minimum absolute atomic E-state index is 0.0120. The van der Waals surface area contributed by atoms with Gasteiger partial charge in [0.25, 0.3) is 5.91 Å². The number of piperidine rings is 1. The number of alkyl halides is 6. The number of carbonyl (C=O) groups excluding carboxylic acids is 1. The third-order valence-electron chi connectivity index (χ3n) is 5.73. The topological polar surface area (TPSA) is 95.9 Å². The van der Waals surface area contributed by atoms with Crippen LogP contribution in [0.1, 0.15) is 46.2 Å². The summed E-state index contributed by atoms with van der Waals surface area (Å²) in [4.78, 5) is 25.7. The fourth-order valence-electron chi connectivity index (χ4n) is 3.93. The summed E-state index contributed by atoms with van der Waals surface area (Å²) in [7, 11) is 0. The van der Waals surface area contributed by atoms with Crippen molar-refractivity contribution in [3.63, 3.8) is 0 Å². The van der Waals surface area contributed by atoms with Crippen molar-refractivity contribution in [1.82, 2.24) is 24.2 Å². The van der Waals surface area contributed by atoms with E-state index < -0.39 is 30.5 Å². The third kappa shape index (κ3) is 6.91. The molecule has 3 aromatic heterocycles. The Labute approximate surface area is 211 Å². The summed E-state index contributed by atoms with van der Waals surface area (Å²) < 4.78 is 80.0. The molecule has 0 aliphatic carbocycles. The lowest BCUT2D eigenvalue weighted by atomic mass is 9.93. The highest BCUT2D eigenvalue weighted by molar-refractivity contribution is 7.10. The first-order valence-electron chi connectivity index (χ1n) is 11.1. The average molecular weight is 546 g/mol. The summed E-state index contributed by atoms with van der Waals surface area (Å²) in [5.74, 6) is -0.472. The van der Waals surface area contributed by atoms with Gasteiger partial charge < -0.3 is 10.6 Å². The summed E-state index contributed by atoms with van der Waals surface area (Å²) in [5.41, 5.74) is 0.586. The van der Waals surface area contributed by atoms with Gasteiger partial charge in [-0.05, 0) is 56.5 Å². The van der Waals surface area contributed by atoms with Crippen LogP contribution in [0.5, 0.6) is 0 Å². The number of aromatic nitrogens is 4. The molecule has 4 rings (SSSR count). The Kier molecular flexibility index (Phi) is 7.64. The highest BCUT2D eigenvalue weighted by Gasteiger charge is 2.34. The van der Waals surface area contributed by atoms with Crippen LogP contribution in [-0.2, 0) is 6.18 Å². The van der Waals surface area contributed by atoms with E-state index in [1.54, 1.807) is 19.1 Å². The molecule has 0 spiro atoms. The number of hydrogen-bond acceptors (Lipinski definition) is 8. The number of carbonyl (C=O) groups is 1. The largest absolute Gasteiger partial charge is 0.434 e. The second-order valence-corrected chi connectivity index (χ2v) is 9.25. The fourth-order valence-corrected chi connectivity index (χ4v) is 4.73. The molecule has 0 radical (unpaired) electrons. The van der Waals surface area contributed by atoms with Gasteiger partial charge in [0.15, 0.2) is 5.69 Å². The third-order valence-corrected chi connectivity index (χ3v) is 6.58. The standard InChI is InChI=1S/C22H21F6N7OS/c1-12-18(20(37-34-12)33-17-10-30-16(9-31-17)22(26,27)28)19(36)32-14-2-3-15(29-8-14)13-4-6-35(7-5-13)11-21(23,24)25/h2-3,8-10,13H,4-7,11H2,1H3,(H,31,33)(H,32,36). The molecule has 198 valence electrons. The number of rotatable bonds is 6. The van der Waals surface area contributed by atoms with E-state index >= 15 is 0 Å². The van der Waals surface area contributed by atoms with E-state index in [1.165, 1.54) is 11.1 Å². The number of nitrogens with one attached hydrogen (secondary N) is 2. The lowest BCUT2D eigenvalue weighted by Crippen LogP contribution is -2.39. The molecule has 2 N–H and O–H groups in total. The Bertz CT molecular complexity index is 1220.